The minimum Gasteiger partial charge on any atom is -0.496 e. The lowest BCUT2D eigenvalue weighted by Crippen LogP contribution is -2.31. The van der Waals surface area contributed by atoms with Crippen molar-refractivity contribution >= 4 is 27.8 Å². The second kappa shape index (κ2) is 6.39. The third-order valence-electron chi connectivity index (χ3n) is 2.40. The summed E-state index contributed by atoms with van der Waals surface area (Å²) >= 11 is 3.28. The summed E-state index contributed by atoms with van der Waals surface area (Å²) in [6.45, 7) is 1.61. The molecule has 0 aromatic heterocycles. The highest BCUT2D eigenvalue weighted by molar-refractivity contribution is 9.10. The lowest BCUT2D eigenvalue weighted by Gasteiger charge is -2.11. The van der Waals surface area contributed by atoms with E-state index in [-0.39, 0.29) is 12.5 Å². The van der Waals surface area contributed by atoms with E-state index in [1.165, 1.54) is 14.0 Å². The molecule has 0 bridgehead atoms. The van der Waals surface area contributed by atoms with Gasteiger partial charge in [0.15, 0.2) is 0 Å². The number of hydrogen-bond donors (Lipinski definition) is 2. The van der Waals surface area contributed by atoms with Crippen molar-refractivity contribution in [2.75, 3.05) is 13.7 Å². The van der Waals surface area contributed by atoms with Crippen molar-refractivity contribution in [3.05, 3.63) is 28.2 Å². The van der Waals surface area contributed by atoms with Gasteiger partial charge in [-0.05, 0) is 18.2 Å². The molecular formula is C12H14BrNO4. The Kier molecular flexibility index (Phi) is 5.15. The first kappa shape index (κ1) is 14.5. The van der Waals surface area contributed by atoms with Crippen LogP contribution in [0.25, 0.3) is 0 Å². The summed E-state index contributed by atoms with van der Waals surface area (Å²) in [6, 6.07) is 5.01. The molecule has 18 heavy (non-hydrogen) atoms. The number of ether oxygens (including phenoxy) is 1. The molecule has 1 aromatic rings. The standard InChI is InChI=1S/C12H14BrNO4/c1-7(12(16)17)6-14-11(15)9-4-3-8(13)5-10(9)18-2/h3-5,7H,6H2,1-2H3,(H,14,15)(H,16,17). The first-order valence-electron chi connectivity index (χ1n) is 5.30. The van der Waals surface area contributed by atoms with Crippen LogP contribution >= 0.6 is 15.9 Å². The molecule has 1 rings (SSSR count). The molecule has 1 amide bonds. The number of carbonyl (C=O) groups is 2. The molecule has 0 aliphatic heterocycles. The van der Waals surface area contributed by atoms with Gasteiger partial charge in [-0.15, -0.1) is 0 Å². The van der Waals surface area contributed by atoms with Crippen LogP contribution < -0.4 is 10.1 Å². The third kappa shape index (κ3) is 3.73. The van der Waals surface area contributed by atoms with E-state index in [0.29, 0.717) is 11.3 Å². The van der Waals surface area contributed by atoms with Crippen molar-refractivity contribution in [2.24, 2.45) is 5.92 Å². The molecule has 0 spiro atoms. The Morgan fingerprint density at radius 1 is 1.50 bits per heavy atom. The molecule has 2 N–H and O–H groups in total. The summed E-state index contributed by atoms with van der Waals surface area (Å²) in [6.07, 6.45) is 0. The SMILES string of the molecule is COc1cc(Br)ccc1C(=O)NCC(C)C(=O)O. The molecule has 1 aromatic carbocycles. The van der Waals surface area contributed by atoms with Crippen molar-refractivity contribution in [1.82, 2.24) is 5.32 Å². The van der Waals surface area contributed by atoms with E-state index in [9.17, 15) is 9.59 Å². The molecule has 0 aliphatic carbocycles. The Morgan fingerprint density at radius 2 is 2.17 bits per heavy atom. The first-order valence-corrected chi connectivity index (χ1v) is 6.09. The smallest absolute Gasteiger partial charge is 0.308 e. The minimum atomic E-state index is -0.946. The number of amides is 1. The van der Waals surface area contributed by atoms with E-state index in [1.54, 1.807) is 18.2 Å². The lowest BCUT2D eigenvalue weighted by atomic mass is 10.1. The van der Waals surface area contributed by atoms with Crippen LogP contribution in [0.1, 0.15) is 17.3 Å². The number of hydrogen-bond acceptors (Lipinski definition) is 3. The summed E-state index contributed by atoms with van der Waals surface area (Å²) in [7, 11) is 1.47. The van der Waals surface area contributed by atoms with Crippen molar-refractivity contribution in [1.29, 1.82) is 0 Å². The van der Waals surface area contributed by atoms with E-state index in [4.69, 9.17) is 9.84 Å². The molecule has 0 fully saturated rings. The number of methoxy groups -OCH3 is 1. The Labute approximate surface area is 113 Å². The normalized spacial score (nSPS) is 11.7. The van der Waals surface area contributed by atoms with Gasteiger partial charge in [0.1, 0.15) is 5.75 Å². The second-order valence-corrected chi connectivity index (χ2v) is 4.71. The molecular weight excluding hydrogens is 302 g/mol. The zero-order valence-corrected chi connectivity index (χ0v) is 11.7. The summed E-state index contributed by atoms with van der Waals surface area (Å²) in [5.41, 5.74) is 0.373. The maximum absolute atomic E-state index is 11.9. The molecule has 6 heteroatoms. The third-order valence-corrected chi connectivity index (χ3v) is 2.89. The van der Waals surface area contributed by atoms with Crippen LogP contribution in [0, 0.1) is 5.92 Å². The zero-order valence-electron chi connectivity index (χ0n) is 10.1. The van der Waals surface area contributed by atoms with Gasteiger partial charge < -0.3 is 15.2 Å². The van der Waals surface area contributed by atoms with Gasteiger partial charge in [0, 0.05) is 11.0 Å². The summed E-state index contributed by atoms with van der Waals surface area (Å²) < 4.78 is 5.90. The largest absolute Gasteiger partial charge is 0.496 e. The second-order valence-electron chi connectivity index (χ2n) is 3.79. The highest BCUT2D eigenvalue weighted by atomic mass is 79.9. The van der Waals surface area contributed by atoms with Crippen LogP contribution in [-0.4, -0.2) is 30.6 Å². The monoisotopic (exact) mass is 315 g/mol. The highest BCUT2D eigenvalue weighted by Crippen LogP contribution is 2.23. The molecule has 1 atom stereocenters. The van der Waals surface area contributed by atoms with Crippen LogP contribution in [0.5, 0.6) is 5.75 Å². The first-order chi connectivity index (χ1) is 8.45. The zero-order chi connectivity index (χ0) is 13.7. The number of benzene rings is 1. The van der Waals surface area contributed by atoms with Gasteiger partial charge in [-0.2, -0.15) is 0 Å². The fourth-order valence-corrected chi connectivity index (χ4v) is 1.62. The molecule has 0 saturated heterocycles. The molecule has 5 nitrogen and oxygen atoms in total. The summed E-state index contributed by atoms with van der Waals surface area (Å²) in [5.74, 6) is -1.49. The Morgan fingerprint density at radius 3 is 2.72 bits per heavy atom. The number of carboxylic acid groups (broad SMARTS) is 1. The van der Waals surface area contributed by atoms with E-state index in [2.05, 4.69) is 21.2 Å². The predicted octanol–water partition coefficient (Wildman–Crippen LogP) is 1.91. The Balaban J connectivity index is 2.75. The van der Waals surface area contributed by atoms with Crippen molar-refractivity contribution in [3.63, 3.8) is 0 Å². The predicted molar refractivity (Wildman–Crippen MR) is 69.8 cm³/mol. The van der Waals surface area contributed by atoms with E-state index in [1.807, 2.05) is 0 Å². The summed E-state index contributed by atoms with van der Waals surface area (Å²) in [5, 5.41) is 11.3. The molecule has 0 radical (unpaired) electrons. The van der Waals surface area contributed by atoms with Crippen LogP contribution in [0.3, 0.4) is 0 Å². The highest BCUT2D eigenvalue weighted by Gasteiger charge is 2.16. The van der Waals surface area contributed by atoms with Gasteiger partial charge in [0.2, 0.25) is 0 Å². The fourth-order valence-electron chi connectivity index (χ4n) is 1.28. The quantitative estimate of drug-likeness (QED) is 0.870. The number of aliphatic carboxylic acids is 1. The van der Waals surface area contributed by atoms with E-state index in [0.717, 1.165) is 4.47 Å². The molecule has 0 aliphatic rings. The molecule has 0 saturated carbocycles. The van der Waals surface area contributed by atoms with E-state index < -0.39 is 11.9 Å². The average molecular weight is 316 g/mol. The van der Waals surface area contributed by atoms with Gasteiger partial charge >= 0.3 is 5.97 Å². The Hall–Kier alpha value is -1.56. The number of carboxylic acids is 1. The summed E-state index contributed by atoms with van der Waals surface area (Å²) in [4.78, 5) is 22.5. The van der Waals surface area contributed by atoms with Gasteiger partial charge in [0.25, 0.3) is 5.91 Å². The van der Waals surface area contributed by atoms with Crippen LogP contribution in [0.15, 0.2) is 22.7 Å². The Bertz CT molecular complexity index is 461. The number of halogens is 1. The van der Waals surface area contributed by atoms with Crippen LogP contribution in [0.4, 0.5) is 0 Å². The fraction of sp³-hybridized carbons (Fsp3) is 0.333. The molecule has 1 unspecified atom stereocenters. The number of rotatable bonds is 5. The molecule has 0 heterocycles. The van der Waals surface area contributed by atoms with Crippen LogP contribution in [-0.2, 0) is 4.79 Å². The maximum Gasteiger partial charge on any atom is 0.308 e. The van der Waals surface area contributed by atoms with Gasteiger partial charge in [-0.3, -0.25) is 9.59 Å². The maximum atomic E-state index is 11.9. The number of carbonyl (C=O) groups excluding carboxylic acids is 1. The van der Waals surface area contributed by atoms with Gasteiger partial charge in [-0.25, -0.2) is 0 Å². The average Bonchev–Trinajstić information content (AvgIpc) is 2.34. The van der Waals surface area contributed by atoms with Crippen LogP contribution in [0.2, 0.25) is 0 Å². The molecule has 98 valence electrons. The van der Waals surface area contributed by atoms with Gasteiger partial charge in [0.05, 0.1) is 18.6 Å². The van der Waals surface area contributed by atoms with Gasteiger partial charge in [-0.1, -0.05) is 22.9 Å². The topological polar surface area (TPSA) is 75.6 Å². The lowest BCUT2D eigenvalue weighted by molar-refractivity contribution is -0.140. The van der Waals surface area contributed by atoms with Crippen molar-refractivity contribution in [3.8, 4) is 5.75 Å². The minimum absolute atomic E-state index is 0.0768. The number of nitrogens with one attached hydrogen (secondary N) is 1. The van der Waals surface area contributed by atoms with Crippen molar-refractivity contribution < 1.29 is 19.4 Å². The van der Waals surface area contributed by atoms with E-state index >= 15 is 0 Å². The van der Waals surface area contributed by atoms with Crippen molar-refractivity contribution in [2.45, 2.75) is 6.92 Å².